The zero-order valence-corrected chi connectivity index (χ0v) is 11.4. The van der Waals surface area contributed by atoms with Gasteiger partial charge in [0, 0.05) is 6.42 Å². The van der Waals surface area contributed by atoms with Crippen molar-refractivity contribution in [3.8, 4) is 0 Å². The average molecular weight is 283 g/mol. The predicted octanol–water partition coefficient (Wildman–Crippen LogP) is 0.854. The molecule has 0 spiro atoms. The summed E-state index contributed by atoms with van der Waals surface area (Å²) in [4.78, 5) is 11.2. The van der Waals surface area contributed by atoms with Gasteiger partial charge in [-0.1, -0.05) is 30.3 Å². The van der Waals surface area contributed by atoms with Crippen LogP contribution in [0.4, 0.5) is 0 Å². The lowest BCUT2D eigenvalue weighted by Gasteiger charge is -2.09. The van der Waals surface area contributed by atoms with Gasteiger partial charge in [-0.2, -0.15) is 0 Å². The lowest BCUT2D eigenvalue weighted by Crippen LogP contribution is -2.39. The molecule has 0 saturated carbocycles. The lowest BCUT2D eigenvalue weighted by atomic mass is 10.1. The first-order valence-electron chi connectivity index (χ1n) is 6.27. The second-order valence-corrected chi connectivity index (χ2v) is 6.41. The van der Waals surface area contributed by atoms with E-state index in [1.807, 2.05) is 30.3 Å². The molecule has 0 aliphatic carbocycles. The zero-order valence-electron chi connectivity index (χ0n) is 10.5. The van der Waals surface area contributed by atoms with Gasteiger partial charge in [-0.05, 0) is 18.4 Å². The van der Waals surface area contributed by atoms with Crippen LogP contribution >= 0.6 is 0 Å². The standard InChI is InChI=1S/C13H17NO4S/c15-13-12(8-9-18-13)14-19(16,17)10-4-7-11-5-2-1-3-6-11/h1-3,5-6,12,14H,4,7-10H2/t12-/m0/s1. The van der Waals surface area contributed by atoms with Gasteiger partial charge in [0.05, 0.1) is 12.4 Å². The first kappa shape index (κ1) is 14.0. The van der Waals surface area contributed by atoms with Crippen LogP contribution in [0, 0.1) is 0 Å². The third-order valence-electron chi connectivity index (χ3n) is 2.98. The highest BCUT2D eigenvalue weighted by Gasteiger charge is 2.30. The van der Waals surface area contributed by atoms with E-state index in [9.17, 15) is 13.2 Å². The van der Waals surface area contributed by atoms with Crippen LogP contribution in [-0.2, 0) is 26.0 Å². The van der Waals surface area contributed by atoms with E-state index < -0.39 is 22.0 Å². The van der Waals surface area contributed by atoms with Crippen molar-refractivity contribution in [2.45, 2.75) is 25.3 Å². The number of aryl methyl sites for hydroxylation is 1. The van der Waals surface area contributed by atoms with Gasteiger partial charge in [-0.3, -0.25) is 4.79 Å². The van der Waals surface area contributed by atoms with E-state index in [0.29, 0.717) is 19.3 Å². The zero-order chi connectivity index (χ0) is 13.7. The third-order valence-corrected chi connectivity index (χ3v) is 4.45. The molecule has 1 N–H and O–H groups in total. The van der Waals surface area contributed by atoms with E-state index in [4.69, 9.17) is 4.74 Å². The van der Waals surface area contributed by atoms with Gasteiger partial charge in [0.25, 0.3) is 0 Å². The second-order valence-electron chi connectivity index (χ2n) is 4.53. The van der Waals surface area contributed by atoms with E-state index in [-0.39, 0.29) is 12.4 Å². The monoisotopic (exact) mass is 283 g/mol. The summed E-state index contributed by atoms with van der Waals surface area (Å²) in [7, 11) is -3.42. The smallest absolute Gasteiger partial charge is 0.324 e. The Balaban J connectivity index is 1.79. The number of rotatable bonds is 6. The van der Waals surface area contributed by atoms with Gasteiger partial charge in [0.2, 0.25) is 10.0 Å². The van der Waals surface area contributed by atoms with Crippen molar-refractivity contribution in [1.82, 2.24) is 4.72 Å². The fourth-order valence-electron chi connectivity index (χ4n) is 1.99. The Kier molecular flexibility index (Phi) is 4.55. The predicted molar refractivity (Wildman–Crippen MR) is 71.0 cm³/mol. The van der Waals surface area contributed by atoms with Gasteiger partial charge in [-0.15, -0.1) is 0 Å². The molecule has 1 heterocycles. The number of sulfonamides is 1. The quantitative estimate of drug-likeness (QED) is 0.786. The van der Waals surface area contributed by atoms with Crippen LogP contribution in [0.5, 0.6) is 0 Å². The highest BCUT2D eigenvalue weighted by atomic mass is 32.2. The topological polar surface area (TPSA) is 72.5 Å². The van der Waals surface area contributed by atoms with Gasteiger partial charge in [0.15, 0.2) is 0 Å². The molecule has 0 bridgehead atoms. The molecule has 19 heavy (non-hydrogen) atoms. The molecule has 104 valence electrons. The summed E-state index contributed by atoms with van der Waals surface area (Å²) >= 11 is 0. The Labute approximate surface area is 113 Å². The molecule has 1 aliphatic rings. The summed E-state index contributed by atoms with van der Waals surface area (Å²) in [5, 5.41) is 0. The van der Waals surface area contributed by atoms with Crippen molar-refractivity contribution >= 4 is 16.0 Å². The molecule has 0 amide bonds. The second kappa shape index (κ2) is 6.16. The van der Waals surface area contributed by atoms with Gasteiger partial charge in [0.1, 0.15) is 6.04 Å². The van der Waals surface area contributed by atoms with Gasteiger partial charge < -0.3 is 4.74 Å². The Bertz CT molecular complexity index is 527. The Morgan fingerprint density at radius 2 is 2.00 bits per heavy atom. The van der Waals surface area contributed by atoms with Gasteiger partial charge in [-0.25, -0.2) is 13.1 Å². The first-order chi connectivity index (χ1) is 9.07. The van der Waals surface area contributed by atoms with E-state index in [1.54, 1.807) is 0 Å². The van der Waals surface area contributed by atoms with Crippen LogP contribution in [0.1, 0.15) is 18.4 Å². The Hall–Kier alpha value is -1.40. The van der Waals surface area contributed by atoms with E-state index in [2.05, 4.69) is 4.72 Å². The third kappa shape index (κ3) is 4.33. The van der Waals surface area contributed by atoms with E-state index >= 15 is 0 Å². The molecule has 1 aromatic rings. The summed E-state index contributed by atoms with van der Waals surface area (Å²) in [6.07, 6.45) is 1.65. The van der Waals surface area contributed by atoms with Crippen molar-refractivity contribution in [1.29, 1.82) is 0 Å². The van der Waals surface area contributed by atoms with Crippen molar-refractivity contribution in [2.75, 3.05) is 12.4 Å². The number of cyclic esters (lactones) is 1. The van der Waals surface area contributed by atoms with Crippen LogP contribution in [-0.4, -0.2) is 32.8 Å². The minimum Gasteiger partial charge on any atom is -0.464 e. The number of benzene rings is 1. The highest BCUT2D eigenvalue weighted by Crippen LogP contribution is 2.09. The molecule has 0 unspecified atom stereocenters. The number of esters is 1. The molecule has 6 heteroatoms. The normalized spacial score (nSPS) is 19.4. The van der Waals surface area contributed by atoms with Crippen LogP contribution < -0.4 is 4.72 Å². The molecule has 1 saturated heterocycles. The fraction of sp³-hybridized carbons (Fsp3) is 0.462. The number of nitrogens with one attached hydrogen (secondary N) is 1. The average Bonchev–Trinajstić information content (AvgIpc) is 2.75. The molecular weight excluding hydrogens is 266 g/mol. The molecule has 5 nitrogen and oxygen atoms in total. The summed E-state index contributed by atoms with van der Waals surface area (Å²) in [6.45, 7) is 0.288. The maximum atomic E-state index is 11.8. The molecule has 1 atom stereocenters. The molecule has 1 aliphatic heterocycles. The maximum absolute atomic E-state index is 11.8. The Morgan fingerprint density at radius 3 is 2.63 bits per heavy atom. The number of ether oxygens (including phenoxy) is 1. The van der Waals surface area contributed by atoms with Gasteiger partial charge >= 0.3 is 5.97 Å². The summed E-state index contributed by atoms with van der Waals surface area (Å²) < 4.78 is 30.7. The number of hydrogen-bond acceptors (Lipinski definition) is 4. The lowest BCUT2D eigenvalue weighted by molar-refractivity contribution is -0.139. The van der Waals surface area contributed by atoms with Crippen LogP contribution in [0.25, 0.3) is 0 Å². The van der Waals surface area contributed by atoms with Crippen molar-refractivity contribution in [3.05, 3.63) is 35.9 Å². The van der Waals surface area contributed by atoms with Crippen LogP contribution in [0.3, 0.4) is 0 Å². The molecule has 2 rings (SSSR count). The number of carbonyl (C=O) groups is 1. The van der Waals surface area contributed by atoms with Crippen molar-refractivity contribution < 1.29 is 17.9 Å². The minimum atomic E-state index is -3.42. The minimum absolute atomic E-state index is 0.0195. The Morgan fingerprint density at radius 1 is 1.26 bits per heavy atom. The van der Waals surface area contributed by atoms with Crippen molar-refractivity contribution in [2.24, 2.45) is 0 Å². The highest BCUT2D eigenvalue weighted by molar-refractivity contribution is 7.89. The van der Waals surface area contributed by atoms with Crippen LogP contribution in [0.2, 0.25) is 0 Å². The molecular formula is C13H17NO4S. The SMILES string of the molecule is O=C1OCC[C@@H]1NS(=O)(=O)CCCc1ccccc1. The summed E-state index contributed by atoms with van der Waals surface area (Å²) in [6, 6.07) is 9.01. The van der Waals surface area contributed by atoms with Crippen LogP contribution in [0.15, 0.2) is 30.3 Å². The fourth-order valence-corrected chi connectivity index (χ4v) is 3.28. The van der Waals surface area contributed by atoms with Crippen molar-refractivity contribution in [3.63, 3.8) is 0 Å². The molecule has 0 aromatic heterocycles. The maximum Gasteiger partial charge on any atom is 0.324 e. The summed E-state index contributed by atoms with van der Waals surface area (Å²) in [5.74, 6) is -0.460. The molecule has 1 aromatic carbocycles. The van der Waals surface area contributed by atoms with E-state index in [0.717, 1.165) is 5.56 Å². The number of hydrogen-bond donors (Lipinski definition) is 1. The molecule has 1 fully saturated rings. The summed E-state index contributed by atoms with van der Waals surface area (Å²) in [5.41, 5.74) is 1.11. The largest absolute Gasteiger partial charge is 0.464 e. The van der Waals surface area contributed by atoms with E-state index in [1.165, 1.54) is 0 Å². The first-order valence-corrected chi connectivity index (χ1v) is 7.93. The number of carbonyl (C=O) groups excluding carboxylic acids is 1. The molecule has 0 radical (unpaired) electrons.